The summed E-state index contributed by atoms with van der Waals surface area (Å²) in [4.78, 5) is 14.6. The van der Waals surface area contributed by atoms with Crippen LogP contribution in [0.5, 0.6) is 5.75 Å². The summed E-state index contributed by atoms with van der Waals surface area (Å²) < 4.78 is 5.61. The van der Waals surface area contributed by atoms with E-state index >= 15 is 0 Å². The van der Waals surface area contributed by atoms with Crippen molar-refractivity contribution in [3.63, 3.8) is 0 Å². The maximum atomic E-state index is 12.5. The van der Waals surface area contributed by atoms with Gasteiger partial charge < -0.3 is 15.0 Å². The second kappa shape index (κ2) is 5.21. The van der Waals surface area contributed by atoms with Gasteiger partial charge in [0.05, 0.1) is 18.3 Å². The highest BCUT2D eigenvalue weighted by atomic mass is 16.5. The van der Waals surface area contributed by atoms with Gasteiger partial charge in [0, 0.05) is 12.6 Å². The van der Waals surface area contributed by atoms with Crippen molar-refractivity contribution in [2.24, 2.45) is 0 Å². The number of rotatable bonds is 2. The van der Waals surface area contributed by atoms with E-state index in [1.54, 1.807) is 0 Å². The van der Waals surface area contributed by atoms with E-state index in [-0.39, 0.29) is 11.8 Å². The molecule has 4 heteroatoms. The van der Waals surface area contributed by atoms with Gasteiger partial charge in [0.15, 0.2) is 5.78 Å². The van der Waals surface area contributed by atoms with Gasteiger partial charge in [-0.05, 0) is 37.6 Å². The van der Waals surface area contributed by atoms with E-state index in [4.69, 9.17) is 4.74 Å². The average molecular weight is 260 g/mol. The first-order valence-corrected chi connectivity index (χ1v) is 7.01. The minimum absolute atomic E-state index is 0.0124. The molecule has 0 aromatic heterocycles. The van der Waals surface area contributed by atoms with E-state index in [0.29, 0.717) is 6.61 Å². The lowest BCUT2D eigenvalue weighted by atomic mass is 9.96. The van der Waals surface area contributed by atoms with Crippen LogP contribution >= 0.6 is 0 Å². The molecule has 4 nitrogen and oxygen atoms in total. The molecule has 19 heavy (non-hydrogen) atoms. The van der Waals surface area contributed by atoms with Crippen molar-refractivity contribution in [1.29, 1.82) is 0 Å². The van der Waals surface area contributed by atoms with Crippen LogP contribution in [0.4, 0.5) is 5.69 Å². The predicted octanol–water partition coefficient (Wildman–Crippen LogP) is 1.84. The smallest absolute Gasteiger partial charge is 0.179 e. The van der Waals surface area contributed by atoms with Gasteiger partial charge in [0.2, 0.25) is 0 Å². The number of benzene rings is 1. The summed E-state index contributed by atoms with van der Waals surface area (Å²) in [6, 6.07) is 5.76. The zero-order chi connectivity index (χ0) is 13.2. The Labute approximate surface area is 113 Å². The molecule has 0 bridgehead atoms. The maximum absolute atomic E-state index is 12.5. The van der Waals surface area contributed by atoms with Crippen LogP contribution in [-0.2, 0) is 0 Å². The number of likely N-dealkylation sites (N-methyl/N-ethyl adjacent to an activating group) is 1. The van der Waals surface area contributed by atoms with Gasteiger partial charge in [0.25, 0.3) is 0 Å². The molecular weight excluding hydrogens is 240 g/mol. The molecule has 0 saturated carbocycles. The topological polar surface area (TPSA) is 41.6 Å². The zero-order valence-corrected chi connectivity index (χ0v) is 11.3. The van der Waals surface area contributed by atoms with Gasteiger partial charge in [-0.2, -0.15) is 0 Å². The summed E-state index contributed by atoms with van der Waals surface area (Å²) in [5, 5.41) is 3.31. The second-order valence-corrected chi connectivity index (χ2v) is 5.32. The normalized spacial score (nSPS) is 22.6. The van der Waals surface area contributed by atoms with E-state index < -0.39 is 0 Å². The van der Waals surface area contributed by atoms with Gasteiger partial charge in [-0.1, -0.05) is 6.42 Å². The first-order chi connectivity index (χ1) is 9.25. The second-order valence-electron chi connectivity index (χ2n) is 5.32. The van der Waals surface area contributed by atoms with Crippen LogP contribution in [0, 0.1) is 0 Å². The molecule has 1 fully saturated rings. The zero-order valence-electron chi connectivity index (χ0n) is 11.3. The van der Waals surface area contributed by atoms with E-state index in [1.165, 1.54) is 6.42 Å². The van der Waals surface area contributed by atoms with E-state index in [2.05, 4.69) is 10.2 Å². The Bertz CT molecular complexity index is 481. The lowest BCUT2D eigenvalue weighted by Crippen LogP contribution is -2.40. The molecule has 1 unspecified atom stereocenters. The van der Waals surface area contributed by atoms with Crippen molar-refractivity contribution in [3.8, 4) is 5.75 Å². The number of anilines is 1. The highest BCUT2D eigenvalue weighted by molar-refractivity contribution is 6.01. The minimum atomic E-state index is -0.0124. The first-order valence-electron chi connectivity index (χ1n) is 7.01. The number of hydrogen-bond acceptors (Lipinski definition) is 4. The predicted molar refractivity (Wildman–Crippen MR) is 75.2 cm³/mol. The lowest BCUT2D eigenvalue weighted by molar-refractivity contribution is 0.0927. The van der Waals surface area contributed by atoms with E-state index in [1.807, 2.05) is 25.2 Å². The molecular formula is C15H20N2O2. The Morgan fingerprint density at radius 2 is 2.32 bits per heavy atom. The third-order valence-electron chi connectivity index (χ3n) is 3.97. The quantitative estimate of drug-likeness (QED) is 0.824. The fraction of sp³-hybridized carbons (Fsp3) is 0.533. The Morgan fingerprint density at radius 1 is 1.42 bits per heavy atom. The van der Waals surface area contributed by atoms with Crippen LogP contribution in [0.15, 0.2) is 18.2 Å². The van der Waals surface area contributed by atoms with Gasteiger partial charge in [0.1, 0.15) is 12.4 Å². The van der Waals surface area contributed by atoms with Crippen LogP contribution in [0.1, 0.15) is 29.6 Å². The number of nitrogens with one attached hydrogen (secondary N) is 1. The molecule has 0 amide bonds. The number of Topliss-reactive ketones (excluding diaryl/α,β-unsaturated/α-hetero) is 1. The Hall–Kier alpha value is -1.55. The molecule has 1 aromatic rings. The van der Waals surface area contributed by atoms with Gasteiger partial charge in [-0.15, -0.1) is 0 Å². The third kappa shape index (κ3) is 2.45. The monoisotopic (exact) mass is 260 g/mol. The summed E-state index contributed by atoms with van der Waals surface area (Å²) >= 11 is 0. The van der Waals surface area contributed by atoms with Crippen molar-refractivity contribution in [2.75, 3.05) is 31.6 Å². The summed E-state index contributed by atoms with van der Waals surface area (Å²) in [6.07, 6.45) is 3.25. The molecule has 3 rings (SSSR count). The highest BCUT2D eigenvalue weighted by Gasteiger charge is 2.24. The number of ether oxygens (including phenoxy) is 1. The number of carbonyl (C=O) groups is 1. The fourth-order valence-corrected chi connectivity index (χ4v) is 2.78. The van der Waals surface area contributed by atoms with Crippen LogP contribution in [0.2, 0.25) is 0 Å². The Balaban J connectivity index is 1.84. The van der Waals surface area contributed by atoms with Crippen LogP contribution in [0.25, 0.3) is 0 Å². The van der Waals surface area contributed by atoms with Crippen LogP contribution < -0.4 is 15.0 Å². The van der Waals surface area contributed by atoms with E-state index in [9.17, 15) is 4.79 Å². The molecule has 1 saturated heterocycles. The molecule has 0 aliphatic carbocycles. The summed E-state index contributed by atoms with van der Waals surface area (Å²) in [5.41, 5.74) is 1.81. The van der Waals surface area contributed by atoms with E-state index in [0.717, 1.165) is 42.9 Å². The minimum Gasteiger partial charge on any atom is -0.490 e. The van der Waals surface area contributed by atoms with Crippen molar-refractivity contribution >= 4 is 11.5 Å². The molecule has 2 aliphatic rings. The van der Waals surface area contributed by atoms with Crippen molar-refractivity contribution < 1.29 is 9.53 Å². The van der Waals surface area contributed by atoms with Crippen molar-refractivity contribution in [1.82, 2.24) is 5.32 Å². The summed E-state index contributed by atoms with van der Waals surface area (Å²) in [5.74, 6) is 1.09. The Kier molecular flexibility index (Phi) is 3.42. The van der Waals surface area contributed by atoms with Crippen molar-refractivity contribution in [2.45, 2.75) is 25.3 Å². The molecule has 1 aromatic carbocycles. The SMILES string of the molecule is CN1CCOc2ccc(C(=O)C3CCCCN3)cc21. The number of carbonyl (C=O) groups excluding carboxylic acids is 1. The number of piperidine rings is 1. The van der Waals surface area contributed by atoms with Gasteiger partial charge in [-0.3, -0.25) is 4.79 Å². The lowest BCUT2D eigenvalue weighted by Gasteiger charge is -2.28. The van der Waals surface area contributed by atoms with Gasteiger partial charge >= 0.3 is 0 Å². The van der Waals surface area contributed by atoms with Gasteiger partial charge in [-0.25, -0.2) is 0 Å². The highest BCUT2D eigenvalue weighted by Crippen LogP contribution is 2.32. The number of nitrogens with zero attached hydrogens (tertiary/aromatic N) is 1. The molecule has 1 N–H and O–H groups in total. The maximum Gasteiger partial charge on any atom is 0.179 e. The fourth-order valence-electron chi connectivity index (χ4n) is 2.78. The summed E-state index contributed by atoms with van der Waals surface area (Å²) in [6.45, 7) is 2.53. The molecule has 0 radical (unpaired) electrons. The van der Waals surface area contributed by atoms with Crippen LogP contribution in [0.3, 0.4) is 0 Å². The molecule has 102 valence electrons. The number of fused-ring (bicyclic) bond motifs is 1. The molecule has 0 spiro atoms. The Morgan fingerprint density at radius 3 is 3.11 bits per heavy atom. The van der Waals surface area contributed by atoms with Crippen molar-refractivity contribution in [3.05, 3.63) is 23.8 Å². The first kappa shape index (κ1) is 12.5. The summed E-state index contributed by atoms with van der Waals surface area (Å²) in [7, 11) is 2.04. The standard InChI is InChI=1S/C15H20N2O2/c1-17-8-9-19-14-6-5-11(10-13(14)17)15(18)12-4-2-3-7-16-12/h5-6,10,12,16H,2-4,7-9H2,1H3. The molecule has 2 aliphatic heterocycles. The molecule has 2 heterocycles. The van der Waals surface area contributed by atoms with Crippen LogP contribution in [-0.4, -0.2) is 38.6 Å². The largest absolute Gasteiger partial charge is 0.490 e. The molecule has 1 atom stereocenters. The number of hydrogen-bond donors (Lipinski definition) is 1. The third-order valence-corrected chi connectivity index (χ3v) is 3.97. The number of ketones is 1. The average Bonchev–Trinajstić information content (AvgIpc) is 2.47.